The van der Waals surface area contributed by atoms with Gasteiger partial charge in [0, 0.05) is 0 Å². The van der Waals surface area contributed by atoms with Gasteiger partial charge in [0.05, 0.1) is 0 Å². The van der Waals surface area contributed by atoms with Crippen molar-refractivity contribution >= 4 is 0 Å². The molecule has 0 aromatic heterocycles. The third-order valence-corrected chi connectivity index (χ3v) is 4.09. The summed E-state index contributed by atoms with van der Waals surface area (Å²) in [6, 6.07) is 0. The van der Waals surface area contributed by atoms with Crippen molar-refractivity contribution < 1.29 is 0 Å². The van der Waals surface area contributed by atoms with Crippen LogP contribution in [0.1, 0.15) is 78.6 Å². The average Bonchev–Trinajstić information content (AvgIpc) is 2.12. The van der Waals surface area contributed by atoms with Crippen LogP contribution in [0.2, 0.25) is 0 Å². The number of rotatable bonds is 3. The van der Waals surface area contributed by atoms with Gasteiger partial charge >= 0.3 is 0 Å². The molecule has 1 rings (SSSR count). The van der Waals surface area contributed by atoms with Crippen molar-refractivity contribution in [1.29, 1.82) is 0 Å². The van der Waals surface area contributed by atoms with E-state index in [4.69, 9.17) is 0 Å². The van der Waals surface area contributed by atoms with Crippen LogP contribution in [-0.4, -0.2) is 0 Å². The first-order valence-corrected chi connectivity index (χ1v) is 6.66. The van der Waals surface area contributed by atoms with Gasteiger partial charge in [-0.1, -0.05) is 59.3 Å². The molecule has 0 radical (unpaired) electrons. The molecule has 0 aromatic carbocycles. The van der Waals surface area contributed by atoms with Gasteiger partial charge in [-0.2, -0.15) is 0 Å². The van der Waals surface area contributed by atoms with Gasteiger partial charge in [0.25, 0.3) is 0 Å². The second-order valence-corrected chi connectivity index (χ2v) is 5.80. The first kappa shape index (κ1) is 12.1. The standard InChI is InChI=1S/C14H28/c1-4-5-10-14(3)11-6-8-13(2)9-7-12-14/h13H,4-12H2,1-3H3. The lowest BCUT2D eigenvalue weighted by atomic mass is 9.73. The monoisotopic (exact) mass is 196 g/mol. The largest absolute Gasteiger partial charge is 0.0654 e. The van der Waals surface area contributed by atoms with Crippen molar-refractivity contribution in [2.24, 2.45) is 11.3 Å². The maximum absolute atomic E-state index is 2.53. The van der Waals surface area contributed by atoms with Gasteiger partial charge in [0.15, 0.2) is 0 Å². The molecule has 0 spiro atoms. The molecule has 0 heterocycles. The second-order valence-electron chi connectivity index (χ2n) is 5.80. The summed E-state index contributed by atoms with van der Waals surface area (Å²) in [6.45, 7) is 7.27. The molecule has 0 unspecified atom stereocenters. The van der Waals surface area contributed by atoms with E-state index in [1.54, 1.807) is 0 Å². The minimum absolute atomic E-state index is 0.691. The van der Waals surface area contributed by atoms with Gasteiger partial charge < -0.3 is 0 Å². The van der Waals surface area contributed by atoms with E-state index in [2.05, 4.69) is 20.8 Å². The van der Waals surface area contributed by atoms with Crippen molar-refractivity contribution in [3.63, 3.8) is 0 Å². The van der Waals surface area contributed by atoms with E-state index in [0.29, 0.717) is 5.41 Å². The van der Waals surface area contributed by atoms with Crippen LogP contribution in [0.15, 0.2) is 0 Å². The zero-order valence-corrected chi connectivity index (χ0v) is 10.4. The summed E-state index contributed by atoms with van der Waals surface area (Å²) in [6.07, 6.45) is 13.1. The summed E-state index contributed by atoms with van der Waals surface area (Å²) in [5.41, 5.74) is 0.691. The molecule has 0 saturated heterocycles. The Balaban J connectivity index is 2.36. The fourth-order valence-corrected chi connectivity index (χ4v) is 2.88. The molecule has 0 aliphatic heterocycles. The van der Waals surface area contributed by atoms with Gasteiger partial charge in [-0.3, -0.25) is 0 Å². The molecule has 0 heteroatoms. The summed E-state index contributed by atoms with van der Waals surface area (Å²) in [4.78, 5) is 0. The molecule has 0 atom stereocenters. The molecule has 0 amide bonds. The maximum Gasteiger partial charge on any atom is -0.0326 e. The predicted octanol–water partition coefficient (Wildman–Crippen LogP) is 5.17. The molecule has 1 aliphatic rings. The fourth-order valence-electron chi connectivity index (χ4n) is 2.88. The molecule has 1 fully saturated rings. The first-order chi connectivity index (χ1) is 6.66. The minimum atomic E-state index is 0.691. The Labute approximate surface area is 90.5 Å². The highest BCUT2D eigenvalue weighted by molar-refractivity contribution is 4.77. The molecule has 84 valence electrons. The van der Waals surface area contributed by atoms with E-state index in [1.807, 2.05) is 0 Å². The quantitative estimate of drug-likeness (QED) is 0.584. The van der Waals surface area contributed by atoms with Crippen molar-refractivity contribution in [1.82, 2.24) is 0 Å². The molecule has 0 aromatic rings. The van der Waals surface area contributed by atoms with Crippen LogP contribution in [0.5, 0.6) is 0 Å². The summed E-state index contributed by atoms with van der Waals surface area (Å²) in [7, 11) is 0. The van der Waals surface area contributed by atoms with Crippen molar-refractivity contribution in [3.05, 3.63) is 0 Å². The Hall–Kier alpha value is 0. The second kappa shape index (κ2) is 5.78. The molecular formula is C14H28. The average molecular weight is 196 g/mol. The third-order valence-electron chi connectivity index (χ3n) is 4.09. The van der Waals surface area contributed by atoms with Crippen LogP contribution in [0.4, 0.5) is 0 Å². The summed E-state index contributed by atoms with van der Waals surface area (Å²) < 4.78 is 0. The van der Waals surface area contributed by atoms with E-state index in [-0.39, 0.29) is 0 Å². The van der Waals surface area contributed by atoms with Gasteiger partial charge in [0.1, 0.15) is 0 Å². The Bertz CT molecular complexity index is 138. The van der Waals surface area contributed by atoms with Crippen molar-refractivity contribution in [2.75, 3.05) is 0 Å². The van der Waals surface area contributed by atoms with E-state index in [9.17, 15) is 0 Å². The lowest BCUT2D eigenvalue weighted by Crippen LogP contribution is -2.19. The van der Waals surface area contributed by atoms with Crippen molar-refractivity contribution in [2.45, 2.75) is 78.6 Å². The normalized spacial score (nSPS) is 34.9. The van der Waals surface area contributed by atoms with E-state index >= 15 is 0 Å². The Morgan fingerprint density at radius 3 is 2.21 bits per heavy atom. The molecule has 0 nitrogen and oxygen atoms in total. The van der Waals surface area contributed by atoms with E-state index < -0.39 is 0 Å². The zero-order valence-electron chi connectivity index (χ0n) is 10.4. The SMILES string of the molecule is CCCCC1(C)CCCC(C)CCC1. The van der Waals surface area contributed by atoms with Crippen LogP contribution >= 0.6 is 0 Å². The number of unbranched alkanes of at least 4 members (excludes halogenated alkanes) is 1. The highest BCUT2D eigenvalue weighted by Crippen LogP contribution is 2.39. The van der Waals surface area contributed by atoms with Crippen LogP contribution in [-0.2, 0) is 0 Å². The van der Waals surface area contributed by atoms with Gasteiger partial charge in [-0.25, -0.2) is 0 Å². The van der Waals surface area contributed by atoms with Crippen LogP contribution in [0, 0.1) is 11.3 Å². The highest BCUT2D eigenvalue weighted by atomic mass is 14.3. The fraction of sp³-hybridized carbons (Fsp3) is 1.00. The maximum atomic E-state index is 2.53. The van der Waals surface area contributed by atoms with E-state index in [1.165, 1.54) is 57.8 Å². The molecule has 1 aliphatic carbocycles. The number of hydrogen-bond acceptors (Lipinski definition) is 0. The summed E-state index contributed by atoms with van der Waals surface area (Å²) >= 11 is 0. The van der Waals surface area contributed by atoms with Crippen LogP contribution < -0.4 is 0 Å². The Morgan fingerprint density at radius 1 is 1.14 bits per heavy atom. The van der Waals surface area contributed by atoms with Crippen molar-refractivity contribution in [3.8, 4) is 0 Å². The lowest BCUT2D eigenvalue weighted by molar-refractivity contribution is 0.198. The highest BCUT2D eigenvalue weighted by Gasteiger charge is 2.24. The predicted molar refractivity (Wildman–Crippen MR) is 64.5 cm³/mol. The van der Waals surface area contributed by atoms with Gasteiger partial charge in [-0.15, -0.1) is 0 Å². The molecule has 0 bridgehead atoms. The van der Waals surface area contributed by atoms with Crippen LogP contribution in [0.3, 0.4) is 0 Å². The molecule has 14 heavy (non-hydrogen) atoms. The Morgan fingerprint density at radius 2 is 1.71 bits per heavy atom. The summed E-state index contributed by atoms with van der Waals surface area (Å²) in [5.74, 6) is 0.991. The summed E-state index contributed by atoms with van der Waals surface area (Å²) in [5, 5.41) is 0. The topological polar surface area (TPSA) is 0 Å². The molecule has 1 saturated carbocycles. The third kappa shape index (κ3) is 4.02. The smallest absolute Gasteiger partial charge is 0.0326 e. The molecular weight excluding hydrogens is 168 g/mol. The number of hydrogen-bond donors (Lipinski definition) is 0. The first-order valence-electron chi connectivity index (χ1n) is 6.66. The molecule has 0 N–H and O–H groups in total. The van der Waals surface area contributed by atoms with Crippen LogP contribution in [0.25, 0.3) is 0 Å². The lowest BCUT2D eigenvalue weighted by Gasteiger charge is -2.33. The Kier molecular flexibility index (Phi) is 4.98. The zero-order chi connectivity index (χ0) is 10.4. The van der Waals surface area contributed by atoms with E-state index in [0.717, 1.165) is 5.92 Å². The van der Waals surface area contributed by atoms with Gasteiger partial charge in [-0.05, 0) is 30.6 Å². The van der Waals surface area contributed by atoms with Gasteiger partial charge in [0.2, 0.25) is 0 Å². The minimum Gasteiger partial charge on any atom is -0.0654 e.